The Morgan fingerprint density at radius 2 is 1.47 bits per heavy atom. The van der Waals surface area contributed by atoms with Gasteiger partial charge in [0.15, 0.2) is 0 Å². The van der Waals surface area contributed by atoms with Crippen molar-refractivity contribution in [3.8, 4) is 0 Å². The lowest BCUT2D eigenvalue weighted by atomic mass is 10.0. The van der Waals surface area contributed by atoms with Gasteiger partial charge in [-0.3, -0.25) is 5.32 Å². The minimum atomic E-state index is 1.22. The van der Waals surface area contributed by atoms with Crippen LogP contribution in [0.4, 0.5) is 0 Å². The summed E-state index contributed by atoms with van der Waals surface area (Å²) in [7, 11) is 0. The van der Waals surface area contributed by atoms with Crippen LogP contribution in [-0.4, -0.2) is 0 Å². The molecule has 0 unspecified atom stereocenters. The van der Waals surface area contributed by atoms with Crippen LogP contribution in [0.2, 0.25) is 0 Å². The molecule has 17 heavy (non-hydrogen) atoms. The molecule has 0 aliphatic carbocycles. The summed E-state index contributed by atoms with van der Waals surface area (Å²) in [4.78, 5) is 0. The minimum absolute atomic E-state index is 1.22. The van der Waals surface area contributed by atoms with Crippen molar-refractivity contribution in [2.75, 3.05) is 0 Å². The number of allylic oxidation sites excluding steroid dienone is 3. The van der Waals surface area contributed by atoms with Crippen LogP contribution in [0.5, 0.6) is 0 Å². The molecule has 0 aromatic carbocycles. The van der Waals surface area contributed by atoms with Gasteiger partial charge in [-0.2, -0.15) is 0 Å². The molecule has 0 aromatic rings. The summed E-state index contributed by atoms with van der Waals surface area (Å²) in [6.07, 6.45) is 18.0. The summed E-state index contributed by atoms with van der Waals surface area (Å²) in [6, 6.07) is 0. The smallest absolute Gasteiger partial charge is 0.0405 e. The van der Waals surface area contributed by atoms with E-state index in [4.69, 9.17) is 0 Å². The molecule has 1 heteroatoms. The maximum absolute atomic E-state index is 4.27. The van der Waals surface area contributed by atoms with Gasteiger partial charge in [0.25, 0.3) is 0 Å². The number of hydrogen-bond acceptors (Lipinski definition) is 0. The van der Waals surface area contributed by atoms with E-state index in [-0.39, 0.29) is 0 Å². The van der Waals surface area contributed by atoms with E-state index in [1.165, 1.54) is 75.5 Å². The molecular formula is C16H28N. The molecular weight excluding hydrogens is 206 g/mol. The quantitative estimate of drug-likeness (QED) is 0.455. The van der Waals surface area contributed by atoms with Crippen LogP contribution in [0.15, 0.2) is 23.5 Å². The molecule has 1 rings (SSSR count). The lowest BCUT2D eigenvalue weighted by Crippen LogP contribution is -1.89. The highest BCUT2D eigenvalue weighted by atomic mass is 14.9. The lowest BCUT2D eigenvalue weighted by Gasteiger charge is -2.03. The first-order valence-electron chi connectivity index (χ1n) is 7.41. The third-order valence-electron chi connectivity index (χ3n) is 3.56. The summed E-state index contributed by atoms with van der Waals surface area (Å²) in [5.74, 6) is 0. The van der Waals surface area contributed by atoms with Crippen LogP contribution in [-0.2, 0) is 0 Å². The van der Waals surface area contributed by atoms with Gasteiger partial charge >= 0.3 is 0 Å². The third kappa shape index (κ3) is 6.55. The highest BCUT2D eigenvalue weighted by Gasteiger charge is 2.04. The minimum Gasteiger partial charge on any atom is -0.261 e. The van der Waals surface area contributed by atoms with Crippen molar-refractivity contribution in [3.63, 3.8) is 0 Å². The molecule has 0 fully saturated rings. The van der Waals surface area contributed by atoms with Crippen LogP contribution in [0.25, 0.3) is 0 Å². The zero-order valence-electron chi connectivity index (χ0n) is 11.7. The second kappa shape index (κ2) is 9.32. The molecule has 0 saturated heterocycles. The first-order chi connectivity index (χ1) is 8.34. The standard InChI is InChI=1S/C16H28N/c1-3-4-5-6-7-8-9-10-11-12-16-13-14-17-15(16)2/h13-14H,3-12H2,1-2H3. The zero-order chi connectivity index (χ0) is 12.3. The van der Waals surface area contributed by atoms with Crippen LogP contribution < -0.4 is 5.32 Å². The summed E-state index contributed by atoms with van der Waals surface area (Å²) in [5.41, 5.74) is 2.68. The predicted molar refractivity (Wildman–Crippen MR) is 75.8 cm³/mol. The predicted octanol–water partition coefficient (Wildman–Crippen LogP) is 5.31. The van der Waals surface area contributed by atoms with Crippen molar-refractivity contribution in [1.29, 1.82) is 0 Å². The van der Waals surface area contributed by atoms with E-state index in [0.29, 0.717) is 0 Å². The van der Waals surface area contributed by atoms with Crippen molar-refractivity contribution in [2.45, 2.75) is 78.1 Å². The second-order valence-corrected chi connectivity index (χ2v) is 5.13. The lowest BCUT2D eigenvalue weighted by molar-refractivity contribution is 0.565. The van der Waals surface area contributed by atoms with Crippen molar-refractivity contribution < 1.29 is 0 Å². The van der Waals surface area contributed by atoms with Gasteiger partial charge in [0.1, 0.15) is 0 Å². The Labute approximate surface area is 107 Å². The number of nitrogens with zero attached hydrogens (tertiary/aromatic N) is 1. The van der Waals surface area contributed by atoms with E-state index in [1.54, 1.807) is 0 Å². The fourth-order valence-electron chi connectivity index (χ4n) is 2.33. The molecule has 0 amide bonds. The first kappa shape index (κ1) is 14.3. The average molecular weight is 234 g/mol. The van der Waals surface area contributed by atoms with E-state index in [0.717, 1.165) is 0 Å². The monoisotopic (exact) mass is 234 g/mol. The molecule has 1 aliphatic rings. The highest BCUT2D eigenvalue weighted by Crippen LogP contribution is 2.19. The van der Waals surface area contributed by atoms with Gasteiger partial charge in [0, 0.05) is 11.9 Å². The second-order valence-electron chi connectivity index (χ2n) is 5.13. The average Bonchev–Trinajstić information content (AvgIpc) is 2.73. The summed E-state index contributed by atoms with van der Waals surface area (Å²) < 4.78 is 0. The van der Waals surface area contributed by atoms with Crippen molar-refractivity contribution in [2.24, 2.45) is 0 Å². The van der Waals surface area contributed by atoms with E-state index in [9.17, 15) is 0 Å². The molecule has 0 saturated carbocycles. The number of unbranched alkanes of at least 4 members (excludes halogenated alkanes) is 8. The van der Waals surface area contributed by atoms with Crippen molar-refractivity contribution >= 4 is 0 Å². The van der Waals surface area contributed by atoms with Gasteiger partial charge in [-0.1, -0.05) is 58.3 Å². The largest absolute Gasteiger partial charge is 0.261 e. The van der Waals surface area contributed by atoms with Crippen LogP contribution in [0.1, 0.15) is 78.1 Å². The van der Waals surface area contributed by atoms with Gasteiger partial charge in [0.2, 0.25) is 0 Å². The molecule has 0 atom stereocenters. The van der Waals surface area contributed by atoms with Gasteiger partial charge < -0.3 is 0 Å². The Balaban J connectivity index is 1.85. The maximum atomic E-state index is 4.27. The van der Waals surface area contributed by atoms with Crippen molar-refractivity contribution in [3.05, 3.63) is 23.5 Å². The molecule has 0 N–H and O–H groups in total. The summed E-state index contributed by atoms with van der Waals surface area (Å²) >= 11 is 0. The van der Waals surface area contributed by atoms with Crippen molar-refractivity contribution in [1.82, 2.24) is 5.32 Å². The topological polar surface area (TPSA) is 14.1 Å². The summed E-state index contributed by atoms with van der Waals surface area (Å²) in [6.45, 7) is 4.39. The number of rotatable bonds is 10. The molecule has 1 aliphatic heterocycles. The van der Waals surface area contributed by atoms with Crippen LogP contribution >= 0.6 is 0 Å². The highest BCUT2D eigenvalue weighted by molar-refractivity contribution is 5.29. The molecule has 1 radical (unpaired) electrons. The van der Waals surface area contributed by atoms with Gasteiger partial charge in [-0.05, 0) is 31.4 Å². The molecule has 0 bridgehead atoms. The van der Waals surface area contributed by atoms with Gasteiger partial charge in [-0.15, -0.1) is 0 Å². The molecule has 1 heterocycles. The number of hydrogen-bond donors (Lipinski definition) is 0. The summed E-state index contributed by atoms with van der Waals surface area (Å²) in [5, 5.41) is 4.27. The normalized spacial score (nSPS) is 14.5. The Hall–Kier alpha value is -0.720. The molecule has 1 nitrogen and oxygen atoms in total. The van der Waals surface area contributed by atoms with E-state index in [2.05, 4.69) is 25.2 Å². The van der Waals surface area contributed by atoms with Gasteiger partial charge in [0.05, 0.1) is 0 Å². The maximum Gasteiger partial charge on any atom is 0.0405 e. The fraction of sp³-hybridized carbons (Fsp3) is 0.750. The van der Waals surface area contributed by atoms with E-state index in [1.807, 2.05) is 6.20 Å². The SMILES string of the molecule is CCCCCCCCCCCC1=C(C)[N]C=C1. The molecule has 0 aromatic heterocycles. The third-order valence-corrected chi connectivity index (χ3v) is 3.56. The van der Waals surface area contributed by atoms with E-state index >= 15 is 0 Å². The Morgan fingerprint density at radius 1 is 0.882 bits per heavy atom. The Morgan fingerprint density at radius 3 is 2.00 bits per heavy atom. The zero-order valence-corrected chi connectivity index (χ0v) is 11.7. The molecule has 97 valence electrons. The van der Waals surface area contributed by atoms with E-state index < -0.39 is 0 Å². The van der Waals surface area contributed by atoms with Gasteiger partial charge in [-0.25, -0.2) is 0 Å². The fourth-order valence-corrected chi connectivity index (χ4v) is 2.33. The van der Waals surface area contributed by atoms with Crippen LogP contribution in [0, 0.1) is 0 Å². The first-order valence-corrected chi connectivity index (χ1v) is 7.41. The Bertz CT molecular complexity index is 250. The Kier molecular flexibility index (Phi) is 7.87. The van der Waals surface area contributed by atoms with Crippen LogP contribution in [0.3, 0.4) is 0 Å². The molecule has 0 spiro atoms.